The van der Waals surface area contributed by atoms with Crippen LogP contribution in [0, 0.1) is 0 Å². The van der Waals surface area contributed by atoms with Gasteiger partial charge in [0.2, 0.25) is 0 Å². The highest BCUT2D eigenvalue weighted by molar-refractivity contribution is 7.80. The van der Waals surface area contributed by atoms with E-state index in [9.17, 15) is 4.79 Å². The van der Waals surface area contributed by atoms with Crippen LogP contribution in [-0.4, -0.2) is 38.3 Å². The van der Waals surface area contributed by atoms with Crippen LogP contribution < -0.4 is 25.0 Å². The molecule has 0 radical (unpaired) electrons. The average Bonchev–Trinajstić information content (AvgIpc) is 3.22. The molecule has 1 saturated heterocycles. The number of para-hydroxylation sites is 2. The molecule has 7 heteroatoms. The van der Waals surface area contributed by atoms with E-state index in [0.29, 0.717) is 17.1 Å². The van der Waals surface area contributed by atoms with Gasteiger partial charge in [0.15, 0.2) is 16.6 Å². The van der Waals surface area contributed by atoms with Crippen molar-refractivity contribution in [2.45, 2.75) is 12.8 Å². The predicted octanol–water partition coefficient (Wildman–Crippen LogP) is 3.43. The number of ether oxygens (including phenoxy) is 2. The van der Waals surface area contributed by atoms with Crippen molar-refractivity contribution in [1.82, 2.24) is 5.32 Å². The Labute approximate surface area is 164 Å². The summed E-state index contributed by atoms with van der Waals surface area (Å²) in [7, 11) is 3.08. The van der Waals surface area contributed by atoms with Gasteiger partial charge in [-0.15, -0.1) is 0 Å². The number of hydrogen-bond acceptors (Lipinski definition) is 5. The molecule has 0 saturated carbocycles. The molecule has 1 heterocycles. The van der Waals surface area contributed by atoms with Gasteiger partial charge in [0.05, 0.1) is 25.6 Å². The fraction of sp³-hybridized carbons (Fsp3) is 0.300. The fourth-order valence-corrected chi connectivity index (χ4v) is 3.32. The van der Waals surface area contributed by atoms with Crippen LogP contribution in [-0.2, 0) is 0 Å². The first-order chi connectivity index (χ1) is 13.1. The Balaban J connectivity index is 1.68. The standard InChI is InChI=1S/C20H23N3O3S/c1-25-17-10-9-14(13-18(17)26-2)19(24)22-20(27)21-15-7-3-4-8-16(15)23-11-5-6-12-23/h3-4,7-10,13H,5-6,11-12H2,1-2H3,(H2,21,22,24,27). The van der Waals surface area contributed by atoms with E-state index in [1.807, 2.05) is 18.2 Å². The molecule has 1 aliphatic rings. The van der Waals surface area contributed by atoms with Gasteiger partial charge >= 0.3 is 0 Å². The first-order valence-corrected chi connectivity index (χ1v) is 9.21. The van der Waals surface area contributed by atoms with Crippen molar-refractivity contribution in [3.63, 3.8) is 0 Å². The number of carbonyl (C=O) groups is 1. The van der Waals surface area contributed by atoms with Crippen LogP contribution in [0.25, 0.3) is 0 Å². The Bertz CT molecular complexity index is 835. The van der Waals surface area contributed by atoms with Crippen LogP contribution in [0.5, 0.6) is 11.5 Å². The summed E-state index contributed by atoms with van der Waals surface area (Å²) in [5, 5.41) is 6.11. The zero-order valence-electron chi connectivity index (χ0n) is 15.5. The SMILES string of the molecule is COc1ccc(C(=O)NC(=S)Nc2ccccc2N2CCCC2)cc1OC. The molecule has 0 spiro atoms. The van der Waals surface area contributed by atoms with Gasteiger partial charge in [0.25, 0.3) is 5.91 Å². The van der Waals surface area contributed by atoms with Crippen molar-refractivity contribution in [1.29, 1.82) is 0 Å². The number of methoxy groups -OCH3 is 2. The molecule has 2 aromatic rings. The van der Waals surface area contributed by atoms with E-state index in [-0.39, 0.29) is 11.0 Å². The lowest BCUT2D eigenvalue weighted by molar-refractivity contribution is 0.0977. The number of nitrogens with one attached hydrogen (secondary N) is 2. The molecule has 3 rings (SSSR count). The Morgan fingerprint density at radius 1 is 1.04 bits per heavy atom. The third-order valence-corrected chi connectivity index (χ3v) is 4.68. The summed E-state index contributed by atoms with van der Waals surface area (Å²) in [5.41, 5.74) is 2.42. The second-order valence-electron chi connectivity index (χ2n) is 6.19. The summed E-state index contributed by atoms with van der Waals surface area (Å²) >= 11 is 5.34. The Hall–Kier alpha value is -2.80. The molecule has 1 fully saturated rings. The monoisotopic (exact) mass is 385 g/mol. The average molecular weight is 385 g/mol. The largest absolute Gasteiger partial charge is 0.493 e. The molecule has 0 unspecified atom stereocenters. The van der Waals surface area contributed by atoms with Gasteiger partial charge in [0.1, 0.15) is 0 Å². The van der Waals surface area contributed by atoms with Crippen molar-refractivity contribution in [2.24, 2.45) is 0 Å². The molecule has 142 valence electrons. The maximum atomic E-state index is 12.5. The molecule has 0 aromatic heterocycles. The molecule has 0 atom stereocenters. The zero-order valence-corrected chi connectivity index (χ0v) is 16.3. The third-order valence-electron chi connectivity index (χ3n) is 4.47. The Kier molecular flexibility index (Phi) is 6.13. The molecular weight excluding hydrogens is 362 g/mol. The molecule has 1 amide bonds. The molecule has 1 aliphatic heterocycles. The normalized spacial score (nSPS) is 13.2. The molecule has 6 nitrogen and oxygen atoms in total. The van der Waals surface area contributed by atoms with E-state index >= 15 is 0 Å². The number of rotatable bonds is 5. The lowest BCUT2D eigenvalue weighted by Gasteiger charge is -2.22. The first kappa shape index (κ1) is 19.0. The van der Waals surface area contributed by atoms with Gasteiger partial charge < -0.3 is 19.7 Å². The van der Waals surface area contributed by atoms with Crippen LogP contribution in [0.4, 0.5) is 11.4 Å². The number of amides is 1. The minimum Gasteiger partial charge on any atom is -0.493 e. The second-order valence-corrected chi connectivity index (χ2v) is 6.60. The van der Waals surface area contributed by atoms with Crippen molar-refractivity contribution in [3.05, 3.63) is 48.0 Å². The van der Waals surface area contributed by atoms with E-state index in [0.717, 1.165) is 24.5 Å². The van der Waals surface area contributed by atoms with Gasteiger partial charge in [-0.25, -0.2) is 0 Å². The Morgan fingerprint density at radius 2 is 1.74 bits per heavy atom. The van der Waals surface area contributed by atoms with Crippen LogP contribution in [0.1, 0.15) is 23.2 Å². The van der Waals surface area contributed by atoms with Gasteiger partial charge in [-0.1, -0.05) is 12.1 Å². The van der Waals surface area contributed by atoms with Gasteiger partial charge in [-0.05, 0) is 55.4 Å². The van der Waals surface area contributed by atoms with Crippen molar-refractivity contribution in [2.75, 3.05) is 37.5 Å². The van der Waals surface area contributed by atoms with E-state index in [1.54, 1.807) is 25.3 Å². The zero-order chi connectivity index (χ0) is 19.2. The number of carbonyl (C=O) groups excluding carboxylic acids is 1. The summed E-state index contributed by atoms with van der Waals surface area (Å²) in [4.78, 5) is 14.8. The van der Waals surface area contributed by atoms with Crippen LogP contribution >= 0.6 is 12.2 Å². The van der Waals surface area contributed by atoms with Crippen LogP contribution in [0.3, 0.4) is 0 Å². The quantitative estimate of drug-likeness (QED) is 0.769. The molecular formula is C20H23N3O3S. The van der Waals surface area contributed by atoms with Crippen molar-refractivity contribution in [3.8, 4) is 11.5 Å². The maximum Gasteiger partial charge on any atom is 0.257 e. The maximum absolute atomic E-state index is 12.5. The summed E-state index contributed by atoms with van der Waals surface area (Å²) in [6.07, 6.45) is 2.38. The van der Waals surface area contributed by atoms with Gasteiger partial charge in [0, 0.05) is 18.7 Å². The predicted molar refractivity (Wildman–Crippen MR) is 111 cm³/mol. The molecule has 0 aliphatic carbocycles. The number of anilines is 2. The molecule has 2 aromatic carbocycles. The lowest BCUT2D eigenvalue weighted by Crippen LogP contribution is -2.34. The summed E-state index contributed by atoms with van der Waals surface area (Å²) < 4.78 is 10.4. The summed E-state index contributed by atoms with van der Waals surface area (Å²) in [5.74, 6) is 0.741. The molecule has 0 bridgehead atoms. The van der Waals surface area contributed by atoms with Crippen LogP contribution in [0.15, 0.2) is 42.5 Å². The van der Waals surface area contributed by atoms with Crippen molar-refractivity contribution < 1.29 is 14.3 Å². The van der Waals surface area contributed by atoms with Gasteiger partial charge in [-0.2, -0.15) is 0 Å². The molecule has 27 heavy (non-hydrogen) atoms. The lowest BCUT2D eigenvalue weighted by atomic mass is 10.2. The highest BCUT2D eigenvalue weighted by Gasteiger charge is 2.17. The minimum atomic E-state index is -0.313. The third kappa shape index (κ3) is 4.49. The summed E-state index contributed by atoms with van der Waals surface area (Å²) in [6.45, 7) is 2.06. The number of benzene rings is 2. The Morgan fingerprint density at radius 3 is 2.44 bits per heavy atom. The van der Waals surface area contributed by atoms with Gasteiger partial charge in [-0.3, -0.25) is 10.1 Å². The van der Waals surface area contributed by atoms with E-state index in [1.165, 1.54) is 20.0 Å². The minimum absolute atomic E-state index is 0.251. The number of nitrogens with zero attached hydrogens (tertiary/aromatic N) is 1. The highest BCUT2D eigenvalue weighted by atomic mass is 32.1. The second kappa shape index (κ2) is 8.73. The fourth-order valence-electron chi connectivity index (χ4n) is 3.12. The van der Waals surface area contributed by atoms with E-state index < -0.39 is 0 Å². The number of hydrogen-bond donors (Lipinski definition) is 2. The topological polar surface area (TPSA) is 62.8 Å². The number of thiocarbonyl (C=S) groups is 1. The van der Waals surface area contributed by atoms with E-state index in [2.05, 4.69) is 21.6 Å². The highest BCUT2D eigenvalue weighted by Crippen LogP contribution is 2.29. The smallest absolute Gasteiger partial charge is 0.257 e. The summed E-state index contributed by atoms with van der Waals surface area (Å²) in [6, 6.07) is 12.9. The molecule has 2 N–H and O–H groups in total. The van der Waals surface area contributed by atoms with Crippen LogP contribution in [0.2, 0.25) is 0 Å². The first-order valence-electron chi connectivity index (χ1n) is 8.80. The van der Waals surface area contributed by atoms with Crippen molar-refractivity contribution >= 4 is 34.6 Å². The van der Waals surface area contributed by atoms with E-state index in [4.69, 9.17) is 21.7 Å².